The number of fused-ring (bicyclic) bond motifs is 1. The van der Waals surface area contributed by atoms with Gasteiger partial charge < -0.3 is 9.84 Å². The van der Waals surface area contributed by atoms with Crippen molar-refractivity contribution in [2.24, 2.45) is 0 Å². The first-order valence-electron chi connectivity index (χ1n) is 4.18. The summed E-state index contributed by atoms with van der Waals surface area (Å²) in [4.78, 5) is 0. The van der Waals surface area contributed by atoms with Crippen molar-refractivity contribution in [3.8, 4) is 11.5 Å². The average Bonchev–Trinajstić information content (AvgIpc) is 2.20. The molecule has 0 atom stereocenters. The van der Waals surface area contributed by atoms with Crippen molar-refractivity contribution in [2.45, 2.75) is 0 Å². The zero-order valence-electron chi connectivity index (χ0n) is 7.62. The highest BCUT2D eigenvalue weighted by molar-refractivity contribution is 5.89. The summed E-state index contributed by atoms with van der Waals surface area (Å²) in [7, 11) is 1.41. The standard InChI is InChI=1S/C11H9FO2/c1-14-10-6-5-7-8(11(10)12)3-2-4-9(7)13/h2-6,13H,1H3. The molecule has 0 aliphatic rings. The summed E-state index contributed by atoms with van der Waals surface area (Å²) in [6.07, 6.45) is 0. The van der Waals surface area contributed by atoms with Gasteiger partial charge in [-0.1, -0.05) is 12.1 Å². The maximum atomic E-state index is 13.6. The Bertz CT molecular complexity index is 480. The molecule has 0 fully saturated rings. The zero-order chi connectivity index (χ0) is 10.1. The predicted octanol–water partition coefficient (Wildman–Crippen LogP) is 2.69. The van der Waals surface area contributed by atoms with Crippen LogP contribution in [0.15, 0.2) is 30.3 Å². The minimum atomic E-state index is -0.444. The molecule has 0 amide bonds. The van der Waals surface area contributed by atoms with E-state index >= 15 is 0 Å². The maximum Gasteiger partial charge on any atom is 0.172 e. The van der Waals surface area contributed by atoms with Gasteiger partial charge in [0.25, 0.3) is 0 Å². The van der Waals surface area contributed by atoms with E-state index in [1.807, 2.05) is 0 Å². The molecule has 2 aromatic rings. The third kappa shape index (κ3) is 1.18. The quantitative estimate of drug-likeness (QED) is 0.752. The number of phenols is 1. The fourth-order valence-electron chi connectivity index (χ4n) is 1.44. The first-order chi connectivity index (χ1) is 6.74. The number of methoxy groups -OCH3 is 1. The molecule has 0 aliphatic carbocycles. The van der Waals surface area contributed by atoms with E-state index < -0.39 is 5.82 Å². The highest BCUT2D eigenvalue weighted by Gasteiger charge is 2.08. The normalized spacial score (nSPS) is 10.4. The van der Waals surface area contributed by atoms with Crippen molar-refractivity contribution in [1.29, 1.82) is 0 Å². The highest BCUT2D eigenvalue weighted by Crippen LogP contribution is 2.30. The second-order valence-electron chi connectivity index (χ2n) is 2.95. The first-order valence-corrected chi connectivity index (χ1v) is 4.18. The Balaban J connectivity index is 2.84. The van der Waals surface area contributed by atoms with Crippen LogP contribution < -0.4 is 4.74 Å². The zero-order valence-corrected chi connectivity index (χ0v) is 7.62. The predicted molar refractivity (Wildman–Crippen MR) is 52.1 cm³/mol. The van der Waals surface area contributed by atoms with Gasteiger partial charge in [-0.3, -0.25) is 0 Å². The minimum absolute atomic E-state index is 0.0732. The fraction of sp³-hybridized carbons (Fsp3) is 0.0909. The van der Waals surface area contributed by atoms with Crippen LogP contribution in [0.25, 0.3) is 10.8 Å². The summed E-state index contributed by atoms with van der Waals surface area (Å²) < 4.78 is 18.4. The second kappa shape index (κ2) is 3.18. The van der Waals surface area contributed by atoms with Crippen LogP contribution in [0.1, 0.15) is 0 Å². The monoisotopic (exact) mass is 192 g/mol. The van der Waals surface area contributed by atoms with E-state index in [4.69, 9.17) is 4.74 Å². The SMILES string of the molecule is COc1ccc2c(O)cccc2c1F. The van der Waals surface area contributed by atoms with Gasteiger partial charge in [-0.15, -0.1) is 0 Å². The lowest BCUT2D eigenvalue weighted by Gasteiger charge is -2.05. The Morgan fingerprint density at radius 1 is 1.14 bits per heavy atom. The number of benzene rings is 2. The number of ether oxygens (including phenoxy) is 1. The molecule has 2 rings (SSSR count). The molecule has 0 bridgehead atoms. The molecule has 0 spiro atoms. The summed E-state index contributed by atoms with van der Waals surface area (Å²) in [5.74, 6) is -0.187. The summed E-state index contributed by atoms with van der Waals surface area (Å²) in [5.41, 5.74) is 0. The lowest BCUT2D eigenvalue weighted by Crippen LogP contribution is -1.88. The van der Waals surface area contributed by atoms with Crippen LogP contribution in [-0.4, -0.2) is 12.2 Å². The lowest BCUT2D eigenvalue weighted by atomic mass is 10.1. The summed E-state index contributed by atoms with van der Waals surface area (Å²) >= 11 is 0. The number of hydrogen-bond donors (Lipinski definition) is 1. The van der Waals surface area contributed by atoms with E-state index in [0.717, 1.165) is 0 Å². The van der Waals surface area contributed by atoms with Crippen LogP contribution in [0.2, 0.25) is 0 Å². The molecule has 72 valence electrons. The Morgan fingerprint density at radius 3 is 2.64 bits per heavy atom. The van der Waals surface area contributed by atoms with Crippen molar-refractivity contribution in [1.82, 2.24) is 0 Å². The van der Waals surface area contributed by atoms with Crippen LogP contribution in [0.5, 0.6) is 11.5 Å². The maximum absolute atomic E-state index is 13.6. The molecule has 0 radical (unpaired) electrons. The van der Waals surface area contributed by atoms with Gasteiger partial charge in [-0.25, -0.2) is 4.39 Å². The van der Waals surface area contributed by atoms with Crippen molar-refractivity contribution >= 4 is 10.8 Å². The molecule has 0 aliphatic heterocycles. The molecule has 2 nitrogen and oxygen atoms in total. The lowest BCUT2D eigenvalue weighted by molar-refractivity contribution is 0.389. The first kappa shape index (κ1) is 8.81. The molecule has 2 aromatic carbocycles. The van der Waals surface area contributed by atoms with Gasteiger partial charge in [0.05, 0.1) is 7.11 Å². The molecule has 0 aromatic heterocycles. The van der Waals surface area contributed by atoms with E-state index in [9.17, 15) is 9.50 Å². The van der Waals surface area contributed by atoms with Crippen molar-refractivity contribution in [2.75, 3.05) is 7.11 Å². The van der Waals surface area contributed by atoms with Crippen molar-refractivity contribution < 1.29 is 14.2 Å². The van der Waals surface area contributed by atoms with Gasteiger partial charge in [-0.2, -0.15) is 0 Å². The number of halogens is 1. The van der Waals surface area contributed by atoms with E-state index in [-0.39, 0.29) is 11.5 Å². The van der Waals surface area contributed by atoms with Gasteiger partial charge in [0.1, 0.15) is 5.75 Å². The summed E-state index contributed by atoms with van der Waals surface area (Å²) in [5, 5.41) is 10.3. The van der Waals surface area contributed by atoms with Gasteiger partial charge in [0, 0.05) is 10.8 Å². The minimum Gasteiger partial charge on any atom is -0.507 e. The van der Waals surface area contributed by atoms with E-state index in [0.29, 0.717) is 10.8 Å². The molecule has 0 heterocycles. The van der Waals surface area contributed by atoms with Crippen LogP contribution in [0.4, 0.5) is 4.39 Å². The van der Waals surface area contributed by atoms with E-state index in [2.05, 4.69) is 0 Å². The smallest absolute Gasteiger partial charge is 0.172 e. The summed E-state index contributed by atoms with van der Waals surface area (Å²) in [6.45, 7) is 0. The van der Waals surface area contributed by atoms with Gasteiger partial charge in [-0.05, 0) is 18.2 Å². The topological polar surface area (TPSA) is 29.5 Å². The molecular weight excluding hydrogens is 183 g/mol. The third-order valence-electron chi connectivity index (χ3n) is 2.16. The van der Waals surface area contributed by atoms with E-state index in [1.54, 1.807) is 18.2 Å². The van der Waals surface area contributed by atoms with Crippen LogP contribution in [-0.2, 0) is 0 Å². The van der Waals surface area contributed by atoms with Gasteiger partial charge in [0.15, 0.2) is 11.6 Å². The number of hydrogen-bond acceptors (Lipinski definition) is 2. The number of aromatic hydroxyl groups is 1. The van der Waals surface area contributed by atoms with Crippen molar-refractivity contribution in [3.63, 3.8) is 0 Å². The summed E-state index contributed by atoms with van der Waals surface area (Å²) in [6, 6.07) is 7.85. The average molecular weight is 192 g/mol. The Hall–Kier alpha value is -1.77. The van der Waals surface area contributed by atoms with Crippen molar-refractivity contribution in [3.05, 3.63) is 36.1 Å². The van der Waals surface area contributed by atoms with Crippen LogP contribution in [0.3, 0.4) is 0 Å². The molecule has 0 unspecified atom stereocenters. The third-order valence-corrected chi connectivity index (χ3v) is 2.16. The fourth-order valence-corrected chi connectivity index (χ4v) is 1.44. The van der Waals surface area contributed by atoms with Crippen LogP contribution in [0, 0.1) is 5.82 Å². The molecule has 1 N–H and O–H groups in total. The molecule has 0 saturated carbocycles. The van der Waals surface area contributed by atoms with Crippen LogP contribution >= 0.6 is 0 Å². The second-order valence-corrected chi connectivity index (χ2v) is 2.95. The number of rotatable bonds is 1. The molecule has 0 saturated heterocycles. The van der Waals surface area contributed by atoms with Gasteiger partial charge in [0.2, 0.25) is 0 Å². The van der Waals surface area contributed by atoms with E-state index in [1.165, 1.54) is 19.2 Å². The highest BCUT2D eigenvalue weighted by atomic mass is 19.1. The number of phenolic OH excluding ortho intramolecular Hbond substituents is 1. The molecular formula is C11H9FO2. The Kier molecular flexibility index (Phi) is 2.00. The molecule has 14 heavy (non-hydrogen) atoms. The Labute approximate surface area is 80.6 Å². The molecule has 3 heteroatoms. The van der Waals surface area contributed by atoms with Gasteiger partial charge >= 0.3 is 0 Å². The largest absolute Gasteiger partial charge is 0.507 e. The Morgan fingerprint density at radius 2 is 1.93 bits per heavy atom.